The van der Waals surface area contributed by atoms with Gasteiger partial charge in [-0.15, -0.1) is 12.4 Å². The molecule has 0 spiro atoms. The van der Waals surface area contributed by atoms with Crippen molar-refractivity contribution in [1.29, 1.82) is 0 Å². The maximum absolute atomic E-state index is 12.0. The minimum Gasteiger partial charge on any atom is -0.382 e. The second-order valence-electron chi connectivity index (χ2n) is 8.22. The highest BCUT2D eigenvalue weighted by atomic mass is 35.5. The summed E-state index contributed by atoms with van der Waals surface area (Å²) in [7, 11) is 0. The Kier molecular flexibility index (Phi) is 10.9. The van der Waals surface area contributed by atoms with E-state index >= 15 is 0 Å². The van der Waals surface area contributed by atoms with Crippen molar-refractivity contribution in [3.8, 4) is 0 Å². The highest BCUT2D eigenvalue weighted by Gasteiger charge is 2.36. The molecule has 0 radical (unpaired) electrons. The molecule has 3 rings (SSSR count). The summed E-state index contributed by atoms with van der Waals surface area (Å²) in [5.41, 5.74) is 1.30. The minimum absolute atomic E-state index is 0. The number of carbonyl (C=O) groups excluding carboxylic acids is 1. The lowest BCUT2D eigenvalue weighted by Gasteiger charge is -2.46. The number of piperidine rings is 2. The van der Waals surface area contributed by atoms with Gasteiger partial charge >= 0.3 is 0 Å². The van der Waals surface area contributed by atoms with Crippen LogP contribution in [0.25, 0.3) is 0 Å². The number of likely N-dealkylation sites (tertiary alicyclic amines) is 1. The summed E-state index contributed by atoms with van der Waals surface area (Å²) >= 11 is 0. The Morgan fingerprint density at radius 2 is 2.28 bits per heavy atom. The van der Waals surface area contributed by atoms with Gasteiger partial charge in [0.15, 0.2) is 0 Å². The zero-order valence-electron chi connectivity index (χ0n) is 17.6. The predicted molar refractivity (Wildman–Crippen MR) is 118 cm³/mol. The van der Waals surface area contributed by atoms with E-state index in [1.807, 2.05) is 25.4 Å². The van der Waals surface area contributed by atoms with Crippen LogP contribution in [0.2, 0.25) is 0 Å². The summed E-state index contributed by atoms with van der Waals surface area (Å²) < 4.78 is 5.29. The lowest BCUT2D eigenvalue weighted by atomic mass is 9.79. The number of halogens is 1. The van der Waals surface area contributed by atoms with E-state index < -0.39 is 0 Å². The van der Waals surface area contributed by atoms with Crippen LogP contribution in [-0.2, 0) is 16.1 Å². The molecule has 1 amide bonds. The number of pyridine rings is 1. The van der Waals surface area contributed by atoms with Crippen molar-refractivity contribution in [1.82, 2.24) is 20.5 Å². The van der Waals surface area contributed by atoms with Gasteiger partial charge < -0.3 is 15.4 Å². The SMILES string of the molecule is CCOCCCNC(=O)CCC[C@H]1NCC2CC1CN(Cc1cccnc1)C2.Cl. The quantitative estimate of drug-likeness (QED) is 0.534. The topological polar surface area (TPSA) is 66.5 Å². The van der Waals surface area contributed by atoms with Crippen LogP contribution in [0.15, 0.2) is 24.5 Å². The van der Waals surface area contributed by atoms with Crippen molar-refractivity contribution in [2.45, 2.75) is 51.6 Å². The van der Waals surface area contributed by atoms with E-state index in [0.29, 0.717) is 24.9 Å². The number of nitrogens with one attached hydrogen (secondary N) is 2. The number of hydrogen-bond acceptors (Lipinski definition) is 5. The van der Waals surface area contributed by atoms with Crippen LogP contribution < -0.4 is 10.6 Å². The third-order valence-corrected chi connectivity index (χ3v) is 5.92. The van der Waals surface area contributed by atoms with Crippen LogP contribution in [0, 0.1) is 11.8 Å². The zero-order chi connectivity index (χ0) is 19.6. The smallest absolute Gasteiger partial charge is 0.219 e. The highest BCUT2D eigenvalue weighted by Crippen LogP contribution is 2.31. The maximum atomic E-state index is 12.0. The van der Waals surface area contributed by atoms with E-state index in [0.717, 1.165) is 58.0 Å². The molecule has 2 fully saturated rings. The molecule has 1 aromatic heterocycles. The van der Waals surface area contributed by atoms with Crippen LogP contribution in [0.1, 0.15) is 44.6 Å². The summed E-state index contributed by atoms with van der Waals surface area (Å²) in [6.45, 7) is 8.60. The van der Waals surface area contributed by atoms with Gasteiger partial charge in [0.2, 0.25) is 5.91 Å². The molecule has 29 heavy (non-hydrogen) atoms. The van der Waals surface area contributed by atoms with Crippen molar-refractivity contribution < 1.29 is 9.53 Å². The van der Waals surface area contributed by atoms with Crippen molar-refractivity contribution in [3.63, 3.8) is 0 Å². The maximum Gasteiger partial charge on any atom is 0.219 e. The Morgan fingerprint density at radius 1 is 1.38 bits per heavy atom. The summed E-state index contributed by atoms with van der Waals surface area (Å²) in [5.74, 6) is 1.62. The van der Waals surface area contributed by atoms with Crippen LogP contribution in [0.5, 0.6) is 0 Å². The first kappa shape index (κ1) is 24.1. The first-order valence-corrected chi connectivity index (χ1v) is 10.9. The molecule has 7 heteroatoms. The molecule has 3 atom stereocenters. The van der Waals surface area contributed by atoms with Crippen molar-refractivity contribution >= 4 is 18.3 Å². The third kappa shape index (κ3) is 8.21. The number of fused-ring (bicyclic) bond motifs is 2. The molecule has 2 aliphatic heterocycles. The van der Waals surface area contributed by atoms with Crippen molar-refractivity contribution in [2.75, 3.05) is 39.4 Å². The molecule has 2 bridgehead atoms. The molecule has 2 saturated heterocycles. The molecule has 0 aliphatic carbocycles. The van der Waals surface area contributed by atoms with Gasteiger partial charge in [0.05, 0.1) is 0 Å². The molecular weight excluding hydrogens is 388 g/mol. The van der Waals surface area contributed by atoms with Gasteiger partial charge in [-0.1, -0.05) is 6.07 Å². The first-order chi connectivity index (χ1) is 13.7. The number of rotatable bonds is 11. The zero-order valence-corrected chi connectivity index (χ0v) is 18.5. The van der Waals surface area contributed by atoms with E-state index in [4.69, 9.17) is 4.74 Å². The molecule has 2 aliphatic rings. The summed E-state index contributed by atoms with van der Waals surface area (Å²) in [5, 5.41) is 6.76. The standard InChI is InChI=1S/C22H36N4O2.ClH/c1-2-28-11-5-10-24-22(27)8-3-7-21-20-12-19(14-25-21)16-26(17-20)15-18-6-4-9-23-13-18;/h4,6,9,13,19-21,25H,2-3,5,7-8,10-12,14-17H2,1H3,(H,24,27);1H/t19?,20?,21-;/m1./s1. The second kappa shape index (κ2) is 13.2. The Hall–Kier alpha value is -1.21. The number of nitrogens with zero attached hydrogens (tertiary/aromatic N) is 2. The van der Waals surface area contributed by atoms with Gasteiger partial charge in [0.1, 0.15) is 0 Å². The van der Waals surface area contributed by atoms with E-state index in [2.05, 4.69) is 26.6 Å². The first-order valence-electron chi connectivity index (χ1n) is 10.9. The van der Waals surface area contributed by atoms with Crippen molar-refractivity contribution in [3.05, 3.63) is 30.1 Å². The summed E-state index contributed by atoms with van der Waals surface area (Å²) in [6, 6.07) is 4.73. The monoisotopic (exact) mass is 424 g/mol. The molecule has 0 saturated carbocycles. The van der Waals surface area contributed by atoms with Crippen LogP contribution in [0.3, 0.4) is 0 Å². The molecule has 1 aromatic rings. The highest BCUT2D eigenvalue weighted by molar-refractivity contribution is 5.85. The Bertz CT molecular complexity index is 589. The fraction of sp³-hybridized carbons (Fsp3) is 0.727. The van der Waals surface area contributed by atoms with E-state index in [1.165, 1.54) is 18.5 Å². The molecule has 0 aromatic carbocycles. The van der Waals surface area contributed by atoms with Gasteiger partial charge in [-0.25, -0.2) is 0 Å². The number of hydrogen-bond donors (Lipinski definition) is 2. The van der Waals surface area contributed by atoms with E-state index in [-0.39, 0.29) is 18.3 Å². The molecule has 3 heterocycles. The second-order valence-corrected chi connectivity index (χ2v) is 8.22. The van der Waals surface area contributed by atoms with E-state index in [1.54, 1.807) is 0 Å². The van der Waals surface area contributed by atoms with Gasteiger partial charge in [-0.05, 0) is 62.6 Å². The fourth-order valence-electron chi connectivity index (χ4n) is 4.61. The lowest BCUT2D eigenvalue weighted by Crippen LogP contribution is -2.55. The Labute approximate surface area is 181 Å². The molecule has 2 unspecified atom stereocenters. The molecule has 164 valence electrons. The van der Waals surface area contributed by atoms with Gasteiger partial charge in [0.25, 0.3) is 0 Å². The average Bonchev–Trinajstić information content (AvgIpc) is 2.70. The Morgan fingerprint density at radius 3 is 3.07 bits per heavy atom. The average molecular weight is 425 g/mol. The lowest BCUT2D eigenvalue weighted by molar-refractivity contribution is -0.121. The summed E-state index contributed by atoms with van der Waals surface area (Å²) in [4.78, 5) is 18.8. The molecule has 2 N–H and O–H groups in total. The fourth-order valence-corrected chi connectivity index (χ4v) is 4.61. The third-order valence-electron chi connectivity index (χ3n) is 5.92. The van der Waals surface area contributed by atoms with Gasteiger partial charge in [-0.2, -0.15) is 0 Å². The van der Waals surface area contributed by atoms with Crippen LogP contribution in [-0.4, -0.2) is 61.2 Å². The van der Waals surface area contributed by atoms with Crippen LogP contribution >= 0.6 is 12.4 Å². The largest absolute Gasteiger partial charge is 0.382 e. The Balaban J connectivity index is 0.00000300. The molecular formula is C22H37ClN4O2. The van der Waals surface area contributed by atoms with Crippen molar-refractivity contribution in [2.24, 2.45) is 11.8 Å². The van der Waals surface area contributed by atoms with Gasteiger partial charge in [-0.3, -0.25) is 14.7 Å². The predicted octanol–water partition coefficient (Wildman–Crippen LogP) is 2.63. The van der Waals surface area contributed by atoms with Crippen LogP contribution in [0.4, 0.5) is 0 Å². The minimum atomic E-state index is 0. The molecule has 6 nitrogen and oxygen atoms in total. The number of amides is 1. The summed E-state index contributed by atoms with van der Waals surface area (Å²) in [6.07, 6.45) is 8.70. The number of aromatic nitrogens is 1. The van der Waals surface area contributed by atoms with E-state index in [9.17, 15) is 4.79 Å². The normalized spacial score (nSPS) is 24.0. The number of ether oxygens (including phenoxy) is 1. The number of carbonyl (C=O) groups is 1. The van der Waals surface area contributed by atoms with Gasteiger partial charge in [0, 0.05) is 64.2 Å².